The quantitative estimate of drug-likeness (QED) is 0.661. The minimum Gasteiger partial charge on any atom is -0.497 e. The molecule has 0 heterocycles. The molecule has 1 amide bonds. The molecular formula is C21H28N2O4S. The van der Waals surface area contributed by atoms with Gasteiger partial charge in [-0.25, -0.2) is 8.42 Å². The summed E-state index contributed by atoms with van der Waals surface area (Å²) in [5.74, 6) is 0.723. The lowest BCUT2D eigenvalue weighted by atomic mass is 10.1. The Morgan fingerprint density at radius 3 is 2.32 bits per heavy atom. The molecule has 152 valence electrons. The Labute approximate surface area is 167 Å². The highest BCUT2D eigenvalue weighted by Crippen LogP contribution is 2.16. The van der Waals surface area contributed by atoms with Crippen LogP contribution >= 0.6 is 0 Å². The van der Waals surface area contributed by atoms with Gasteiger partial charge in [-0.05, 0) is 41.8 Å². The molecule has 0 spiro atoms. The first-order valence-electron chi connectivity index (χ1n) is 9.39. The first-order valence-corrected chi connectivity index (χ1v) is 10.8. The maximum atomic E-state index is 12.5. The molecule has 2 aromatic rings. The fourth-order valence-electron chi connectivity index (χ4n) is 2.87. The molecule has 0 aliphatic heterocycles. The van der Waals surface area contributed by atoms with E-state index in [0.717, 1.165) is 16.9 Å². The molecular weight excluding hydrogens is 376 g/mol. The fourth-order valence-corrected chi connectivity index (χ4v) is 4.32. The van der Waals surface area contributed by atoms with Crippen LogP contribution in [0.3, 0.4) is 0 Å². The zero-order valence-corrected chi connectivity index (χ0v) is 17.5. The zero-order valence-electron chi connectivity index (χ0n) is 16.6. The van der Waals surface area contributed by atoms with Crippen molar-refractivity contribution in [2.45, 2.75) is 38.1 Å². The largest absolute Gasteiger partial charge is 0.497 e. The standard InChI is InChI=1S/C21H28N2O4S/c1-4-23(5-2)28(25,26)20-12-9-18(10-13-20)16-22-21(24)14-11-17-7-6-8-19(15-17)27-3/h6-10,12-13,15H,4-5,11,14,16H2,1-3H3,(H,22,24). The highest BCUT2D eigenvalue weighted by Gasteiger charge is 2.21. The summed E-state index contributed by atoms with van der Waals surface area (Å²) in [6.45, 7) is 4.86. The molecule has 0 radical (unpaired) electrons. The van der Waals surface area contributed by atoms with E-state index < -0.39 is 10.0 Å². The van der Waals surface area contributed by atoms with E-state index in [1.165, 1.54) is 4.31 Å². The van der Waals surface area contributed by atoms with Gasteiger partial charge in [0.25, 0.3) is 0 Å². The molecule has 0 aliphatic carbocycles. The fraction of sp³-hybridized carbons (Fsp3) is 0.381. The summed E-state index contributed by atoms with van der Waals surface area (Å²) in [5, 5.41) is 2.87. The van der Waals surface area contributed by atoms with Crippen molar-refractivity contribution >= 4 is 15.9 Å². The number of rotatable bonds is 10. The zero-order chi connectivity index (χ0) is 20.6. The second kappa shape index (κ2) is 10.2. The maximum Gasteiger partial charge on any atom is 0.243 e. The number of nitrogens with one attached hydrogen (secondary N) is 1. The van der Waals surface area contributed by atoms with Crippen molar-refractivity contribution in [3.8, 4) is 5.75 Å². The van der Waals surface area contributed by atoms with Gasteiger partial charge in [0.1, 0.15) is 5.75 Å². The van der Waals surface area contributed by atoms with E-state index in [1.54, 1.807) is 31.4 Å². The predicted octanol–water partition coefficient (Wildman–Crippen LogP) is 2.97. The van der Waals surface area contributed by atoms with E-state index in [9.17, 15) is 13.2 Å². The number of hydrogen-bond acceptors (Lipinski definition) is 4. The number of aryl methyl sites for hydroxylation is 1. The Hall–Kier alpha value is -2.38. The van der Waals surface area contributed by atoms with Crippen molar-refractivity contribution in [3.63, 3.8) is 0 Å². The third-order valence-electron chi connectivity index (χ3n) is 4.53. The van der Waals surface area contributed by atoms with Crippen molar-refractivity contribution in [3.05, 3.63) is 59.7 Å². The molecule has 1 N–H and O–H groups in total. The van der Waals surface area contributed by atoms with Gasteiger partial charge in [-0.2, -0.15) is 4.31 Å². The Morgan fingerprint density at radius 1 is 1.04 bits per heavy atom. The number of sulfonamides is 1. The third-order valence-corrected chi connectivity index (χ3v) is 6.60. The van der Waals surface area contributed by atoms with Crippen LogP contribution in [0.2, 0.25) is 0 Å². The van der Waals surface area contributed by atoms with Crippen LogP contribution in [0, 0.1) is 0 Å². The summed E-state index contributed by atoms with van der Waals surface area (Å²) in [7, 11) is -1.84. The van der Waals surface area contributed by atoms with E-state index in [1.807, 2.05) is 38.1 Å². The van der Waals surface area contributed by atoms with E-state index in [4.69, 9.17) is 4.74 Å². The summed E-state index contributed by atoms with van der Waals surface area (Å²) in [5.41, 5.74) is 1.90. The maximum absolute atomic E-state index is 12.5. The minimum absolute atomic E-state index is 0.0531. The van der Waals surface area contributed by atoms with Gasteiger partial charge in [-0.3, -0.25) is 4.79 Å². The van der Waals surface area contributed by atoms with Gasteiger partial charge in [0.2, 0.25) is 15.9 Å². The molecule has 2 aromatic carbocycles. The highest BCUT2D eigenvalue weighted by atomic mass is 32.2. The van der Waals surface area contributed by atoms with Gasteiger partial charge >= 0.3 is 0 Å². The second-order valence-corrected chi connectivity index (χ2v) is 8.30. The SMILES string of the molecule is CCN(CC)S(=O)(=O)c1ccc(CNC(=O)CCc2cccc(OC)c2)cc1. The van der Waals surface area contributed by atoms with Crippen LogP contribution in [0.25, 0.3) is 0 Å². The third kappa shape index (κ3) is 5.81. The number of nitrogens with zero attached hydrogens (tertiary/aromatic N) is 1. The normalized spacial score (nSPS) is 11.4. The second-order valence-electron chi connectivity index (χ2n) is 6.36. The molecule has 0 atom stereocenters. The summed E-state index contributed by atoms with van der Waals surface area (Å²) in [6.07, 6.45) is 1.01. The highest BCUT2D eigenvalue weighted by molar-refractivity contribution is 7.89. The number of ether oxygens (including phenoxy) is 1. The summed E-state index contributed by atoms with van der Waals surface area (Å²) in [6, 6.07) is 14.3. The smallest absolute Gasteiger partial charge is 0.243 e. The van der Waals surface area contributed by atoms with E-state index in [-0.39, 0.29) is 10.8 Å². The van der Waals surface area contributed by atoms with Crippen LogP contribution in [0.15, 0.2) is 53.4 Å². The lowest BCUT2D eigenvalue weighted by Crippen LogP contribution is -2.30. The molecule has 28 heavy (non-hydrogen) atoms. The molecule has 2 rings (SSSR count). The number of amides is 1. The number of hydrogen-bond donors (Lipinski definition) is 1. The molecule has 0 unspecified atom stereocenters. The Morgan fingerprint density at radius 2 is 1.71 bits per heavy atom. The first kappa shape index (κ1) is 21.9. The van der Waals surface area contributed by atoms with Crippen LogP contribution in [0.1, 0.15) is 31.4 Å². The Kier molecular flexibility index (Phi) is 8.02. The number of benzene rings is 2. The van der Waals surface area contributed by atoms with Crippen LogP contribution < -0.4 is 10.1 Å². The molecule has 0 bridgehead atoms. The van der Waals surface area contributed by atoms with Gasteiger partial charge in [-0.15, -0.1) is 0 Å². The van der Waals surface area contributed by atoms with Gasteiger partial charge < -0.3 is 10.1 Å². The Balaban J connectivity index is 1.88. The van der Waals surface area contributed by atoms with E-state index in [0.29, 0.717) is 32.5 Å². The summed E-state index contributed by atoms with van der Waals surface area (Å²) < 4.78 is 31.6. The summed E-state index contributed by atoms with van der Waals surface area (Å²) >= 11 is 0. The van der Waals surface area contributed by atoms with Crippen LogP contribution in [0.5, 0.6) is 5.75 Å². The van der Waals surface area contributed by atoms with Gasteiger partial charge in [0.15, 0.2) is 0 Å². The predicted molar refractivity (Wildman–Crippen MR) is 110 cm³/mol. The van der Waals surface area contributed by atoms with Crippen molar-refractivity contribution in [1.82, 2.24) is 9.62 Å². The monoisotopic (exact) mass is 404 g/mol. The number of carbonyl (C=O) groups excluding carboxylic acids is 1. The van der Waals surface area contributed by atoms with Gasteiger partial charge in [-0.1, -0.05) is 38.1 Å². The van der Waals surface area contributed by atoms with Gasteiger partial charge in [0.05, 0.1) is 12.0 Å². The van der Waals surface area contributed by atoms with E-state index >= 15 is 0 Å². The molecule has 0 saturated heterocycles. The topological polar surface area (TPSA) is 75.7 Å². The van der Waals surface area contributed by atoms with Crippen molar-refractivity contribution in [1.29, 1.82) is 0 Å². The number of carbonyl (C=O) groups is 1. The lowest BCUT2D eigenvalue weighted by molar-refractivity contribution is -0.121. The average Bonchev–Trinajstić information content (AvgIpc) is 2.72. The molecule has 6 nitrogen and oxygen atoms in total. The van der Waals surface area contributed by atoms with Crippen molar-refractivity contribution < 1.29 is 17.9 Å². The molecule has 0 fully saturated rings. The van der Waals surface area contributed by atoms with Crippen LogP contribution in [-0.4, -0.2) is 38.8 Å². The van der Waals surface area contributed by atoms with Crippen molar-refractivity contribution in [2.75, 3.05) is 20.2 Å². The lowest BCUT2D eigenvalue weighted by Gasteiger charge is -2.18. The number of methoxy groups -OCH3 is 1. The molecule has 0 aromatic heterocycles. The van der Waals surface area contributed by atoms with Crippen LogP contribution in [0.4, 0.5) is 0 Å². The van der Waals surface area contributed by atoms with Crippen molar-refractivity contribution in [2.24, 2.45) is 0 Å². The van der Waals surface area contributed by atoms with Crippen LogP contribution in [-0.2, 0) is 27.8 Å². The minimum atomic E-state index is -3.46. The summed E-state index contributed by atoms with van der Waals surface area (Å²) in [4.78, 5) is 12.4. The molecule has 0 aliphatic rings. The van der Waals surface area contributed by atoms with Gasteiger partial charge in [0, 0.05) is 26.1 Å². The molecule has 0 saturated carbocycles. The average molecular weight is 405 g/mol. The Bertz CT molecular complexity index is 876. The van der Waals surface area contributed by atoms with E-state index in [2.05, 4.69) is 5.32 Å². The molecule has 7 heteroatoms. The first-order chi connectivity index (χ1) is 13.4.